The topological polar surface area (TPSA) is 72.6 Å². The van der Waals surface area contributed by atoms with Gasteiger partial charge < -0.3 is 24.5 Å². The van der Waals surface area contributed by atoms with Gasteiger partial charge in [0.15, 0.2) is 11.5 Å². The Hall–Kier alpha value is -3.15. The molecule has 0 unspecified atom stereocenters. The van der Waals surface area contributed by atoms with Crippen LogP contribution in [0.3, 0.4) is 0 Å². The predicted octanol–water partition coefficient (Wildman–Crippen LogP) is 3.99. The van der Waals surface area contributed by atoms with Crippen LogP contribution in [0.5, 0.6) is 17.2 Å². The highest BCUT2D eigenvalue weighted by Gasteiger charge is 2.21. The second kappa shape index (κ2) is 7.61. The lowest BCUT2D eigenvalue weighted by Crippen LogP contribution is -2.15. The van der Waals surface area contributed by atoms with Crippen LogP contribution in [0.1, 0.15) is 16.7 Å². The molecule has 0 atom stereocenters. The van der Waals surface area contributed by atoms with E-state index in [-0.39, 0.29) is 12.3 Å². The first-order valence-corrected chi connectivity index (χ1v) is 8.64. The number of aromatic nitrogens is 1. The fourth-order valence-corrected chi connectivity index (χ4v) is 3.29. The van der Waals surface area contributed by atoms with Crippen LogP contribution in [0.4, 0.5) is 5.69 Å². The highest BCUT2D eigenvalue weighted by Crippen LogP contribution is 2.44. The van der Waals surface area contributed by atoms with Crippen LogP contribution in [0.15, 0.2) is 30.5 Å². The number of aromatic amines is 1. The average Bonchev–Trinajstić information content (AvgIpc) is 3.04. The molecule has 0 spiro atoms. The highest BCUT2D eigenvalue weighted by atomic mass is 16.5. The zero-order valence-corrected chi connectivity index (χ0v) is 16.2. The van der Waals surface area contributed by atoms with E-state index in [9.17, 15) is 4.79 Å². The number of rotatable bonds is 6. The molecule has 1 aromatic heterocycles. The number of fused-ring (bicyclic) bond motifs is 1. The fraction of sp³-hybridized carbons (Fsp3) is 0.286. The number of amides is 1. The Morgan fingerprint density at radius 2 is 1.78 bits per heavy atom. The summed E-state index contributed by atoms with van der Waals surface area (Å²) in [5.74, 6) is 1.51. The van der Waals surface area contributed by atoms with Crippen LogP contribution < -0.4 is 19.5 Å². The van der Waals surface area contributed by atoms with Crippen LogP contribution in [-0.4, -0.2) is 32.2 Å². The molecule has 6 nitrogen and oxygen atoms in total. The molecule has 0 bridgehead atoms. The SMILES string of the molecule is COc1cc2[nH]cc(CC(=O)Nc3ccc(C)cc3C)c2c(OC)c1OC. The third-order valence-corrected chi connectivity index (χ3v) is 4.56. The summed E-state index contributed by atoms with van der Waals surface area (Å²) in [6.07, 6.45) is 2.02. The lowest BCUT2D eigenvalue weighted by atomic mass is 10.1. The third-order valence-electron chi connectivity index (χ3n) is 4.56. The molecule has 0 saturated carbocycles. The monoisotopic (exact) mass is 368 g/mol. The van der Waals surface area contributed by atoms with Crippen molar-refractivity contribution in [1.29, 1.82) is 0 Å². The van der Waals surface area contributed by atoms with Gasteiger partial charge >= 0.3 is 0 Å². The van der Waals surface area contributed by atoms with Crippen molar-refractivity contribution in [3.63, 3.8) is 0 Å². The highest BCUT2D eigenvalue weighted by molar-refractivity contribution is 5.99. The number of H-pyrrole nitrogens is 1. The molecule has 1 heterocycles. The van der Waals surface area contributed by atoms with Gasteiger partial charge in [-0.1, -0.05) is 17.7 Å². The minimum absolute atomic E-state index is 0.0975. The molecule has 0 radical (unpaired) electrons. The second-order valence-corrected chi connectivity index (χ2v) is 6.43. The molecule has 0 fully saturated rings. The molecule has 1 amide bonds. The molecule has 6 heteroatoms. The molecule has 0 aliphatic rings. The Kier molecular flexibility index (Phi) is 5.26. The Labute approximate surface area is 158 Å². The van der Waals surface area contributed by atoms with E-state index >= 15 is 0 Å². The van der Waals surface area contributed by atoms with Crippen LogP contribution in [0.2, 0.25) is 0 Å². The lowest BCUT2D eigenvalue weighted by molar-refractivity contribution is -0.115. The maximum absolute atomic E-state index is 12.6. The second-order valence-electron chi connectivity index (χ2n) is 6.43. The minimum Gasteiger partial charge on any atom is -0.493 e. The zero-order valence-electron chi connectivity index (χ0n) is 16.2. The van der Waals surface area contributed by atoms with Gasteiger partial charge in [-0.3, -0.25) is 4.79 Å². The minimum atomic E-state index is -0.0975. The summed E-state index contributed by atoms with van der Waals surface area (Å²) < 4.78 is 16.4. The number of ether oxygens (including phenoxy) is 3. The number of aryl methyl sites for hydroxylation is 2. The largest absolute Gasteiger partial charge is 0.493 e. The number of nitrogens with one attached hydrogen (secondary N) is 2. The van der Waals surface area contributed by atoms with Gasteiger partial charge in [-0.15, -0.1) is 0 Å². The van der Waals surface area contributed by atoms with Gasteiger partial charge in [0.2, 0.25) is 11.7 Å². The summed E-state index contributed by atoms with van der Waals surface area (Å²) in [4.78, 5) is 15.8. The van der Waals surface area contributed by atoms with Crippen molar-refractivity contribution in [3.8, 4) is 17.2 Å². The van der Waals surface area contributed by atoms with Crippen molar-refractivity contribution >= 4 is 22.5 Å². The molecule has 3 rings (SSSR count). The predicted molar refractivity (Wildman–Crippen MR) is 106 cm³/mol. The van der Waals surface area contributed by atoms with E-state index in [2.05, 4.69) is 10.3 Å². The summed E-state index contributed by atoms with van der Waals surface area (Å²) >= 11 is 0. The standard InChI is InChI=1S/C21H24N2O4/c1-12-6-7-15(13(2)8-12)23-18(24)9-14-11-22-16-10-17(25-3)20(26-4)21(27-5)19(14)16/h6-8,10-11,22H,9H2,1-5H3,(H,23,24). The van der Waals surface area contributed by atoms with Crippen molar-refractivity contribution in [3.05, 3.63) is 47.2 Å². The smallest absolute Gasteiger partial charge is 0.228 e. The first-order valence-electron chi connectivity index (χ1n) is 8.64. The number of carbonyl (C=O) groups is 1. The van der Waals surface area contributed by atoms with Crippen LogP contribution in [-0.2, 0) is 11.2 Å². The Balaban J connectivity index is 1.94. The number of benzene rings is 2. The molecule has 142 valence electrons. The van der Waals surface area contributed by atoms with Gasteiger partial charge in [-0.2, -0.15) is 0 Å². The van der Waals surface area contributed by atoms with Crippen LogP contribution >= 0.6 is 0 Å². The Morgan fingerprint density at radius 1 is 1.04 bits per heavy atom. The molecule has 27 heavy (non-hydrogen) atoms. The van der Waals surface area contributed by atoms with E-state index < -0.39 is 0 Å². The lowest BCUT2D eigenvalue weighted by Gasteiger charge is -2.14. The maximum Gasteiger partial charge on any atom is 0.228 e. The first kappa shape index (κ1) is 18.6. The van der Waals surface area contributed by atoms with Gasteiger partial charge in [-0.25, -0.2) is 0 Å². The molecule has 0 aliphatic carbocycles. The van der Waals surface area contributed by atoms with Gasteiger partial charge in [0, 0.05) is 23.3 Å². The summed E-state index contributed by atoms with van der Waals surface area (Å²) in [5, 5.41) is 3.79. The van der Waals surface area contributed by atoms with Crippen LogP contribution in [0, 0.1) is 13.8 Å². The zero-order chi connectivity index (χ0) is 19.6. The molecule has 0 aliphatic heterocycles. The molecular formula is C21H24N2O4. The molecule has 3 aromatic rings. The first-order chi connectivity index (χ1) is 13.0. The molecule has 2 N–H and O–H groups in total. The fourth-order valence-electron chi connectivity index (χ4n) is 3.29. The summed E-state index contributed by atoms with van der Waals surface area (Å²) in [6, 6.07) is 7.78. The molecular weight excluding hydrogens is 344 g/mol. The van der Waals surface area contributed by atoms with Crippen LogP contribution in [0.25, 0.3) is 10.9 Å². The van der Waals surface area contributed by atoms with Gasteiger partial charge in [0.1, 0.15) is 0 Å². The average molecular weight is 368 g/mol. The van der Waals surface area contributed by atoms with E-state index in [0.29, 0.717) is 17.2 Å². The third kappa shape index (κ3) is 3.56. The van der Waals surface area contributed by atoms with E-state index in [4.69, 9.17) is 14.2 Å². The Bertz CT molecular complexity index is 992. The van der Waals surface area contributed by atoms with E-state index in [1.807, 2.05) is 44.3 Å². The number of hydrogen-bond acceptors (Lipinski definition) is 4. The quantitative estimate of drug-likeness (QED) is 0.690. The van der Waals surface area contributed by atoms with Gasteiger partial charge in [0.25, 0.3) is 0 Å². The van der Waals surface area contributed by atoms with E-state index in [1.165, 1.54) is 0 Å². The summed E-state index contributed by atoms with van der Waals surface area (Å²) in [6.45, 7) is 4.01. The van der Waals surface area contributed by atoms with Crippen molar-refractivity contribution in [1.82, 2.24) is 4.98 Å². The van der Waals surface area contributed by atoms with E-state index in [0.717, 1.165) is 33.3 Å². The summed E-state index contributed by atoms with van der Waals surface area (Å²) in [5.41, 5.74) is 4.65. The number of anilines is 1. The van der Waals surface area contributed by atoms with Gasteiger partial charge in [0.05, 0.1) is 33.3 Å². The van der Waals surface area contributed by atoms with Crippen molar-refractivity contribution in [2.45, 2.75) is 20.3 Å². The normalized spacial score (nSPS) is 10.7. The molecule has 2 aromatic carbocycles. The maximum atomic E-state index is 12.6. The van der Waals surface area contributed by atoms with Gasteiger partial charge in [-0.05, 0) is 31.0 Å². The number of methoxy groups -OCH3 is 3. The number of carbonyl (C=O) groups excluding carboxylic acids is 1. The molecule has 0 saturated heterocycles. The summed E-state index contributed by atoms with van der Waals surface area (Å²) in [7, 11) is 4.71. The van der Waals surface area contributed by atoms with Crippen molar-refractivity contribution in [2.24, 2.45) is 0 Å². The Morgan fingerprint density at radius 3 is 2.41 bits per heavy atom. The van der Waals surface area contributed by atoms with E-state index in [1.54, 1.807) is 21.3 Å². The van der Waals surface area contributed by atoms with Crippen molar-refractivity contribution < 1.29 is 19.0 Å². The van der Waals surface area contributed by atoms with Crippen molar-refractivity contribution in [2.75, 3.05) is 26.6 Å². The number of hydrogen-bond donors (Lipinski definition) is 2.